The molecule has 0 fully saturated rings. The Morgan fingerprint density at radius 3 is 2.41 bits per heavy atom. The van der Waals surface area contributed by atoms with Crippen LogP contribution in [0.15, 0.2) is 42.5 Å². The smallest absolute Gasteiger partial charge is 0.251 e. The highest BCUT2D eigenvalue weighted by Gasteiger charge is 2.09. The number of amides is 2. The summed E-state index contributed by atoms with van der Waals surface area (Å²) in [5.41, 5.74) is 3.33. The van der Waals surface area contributed by atoms with Crippen LogP contribution in [0, 0.1) is 13.8 Å². The number of benzene rings is 2. The van der Waals surface area contributed by atoms with Gasteiger partial charge in [0.15, 0.2) is 0 Å². The van der Waals surface area contributed by atoms with Crippen LogP contribution >= 0.6 is 11.6 Å². The molecule has 114 valence electrons. The molecule has 2 aromatic carbocycles. The molecule has 0 spiro atoms. The molecule has 0 aliphatic carbocycles. The van der Waals surface area contributed by atoms with Gasteiger partial charge in [0, 0.05) is 16.3 Å². The van der Waals surface area contributed by atoms with Gasteiger partial charge < -0.3 is 10.6 Å². The molecule has 2 N–H and O–H groups in total. The molecule has 0 aliphatic rings. The van der Waals surface area contributed by atoms with Crippen LogP contribution in [0.5, 0.6) is 0 Å². The Bertz CT molecular complexity index is 696. The molecule has 0 bridgehead atoms. The van der Waals surface area contributed by atoms with E-state index in [9.17, 15) is 9.59 Å². The summed E-state index contributed by atoms with van der Waals surface area (Å²) < 4.78 is 0. The van der Waals surface area contributed by atoms with E-state index in [0.29, 0.717) is 10.6 Å². The molecule has 2 rings (SSSR count). The van der Waals surface area contributed by atoms with Gasteiger partial charge in [0.25, 0.3) is 5.91 Å². The fourth-order valence-electron chi connectivity index (χ4n) is 1.94. The Morgan fingerprint density at radius 2 is 1.73 bits per heavy atom. The van der Waals surface area contributed by atoms with Crippen molar-refractivity contribution in [3.05, 3.63) is 64.2 Å². The first kappa shape index (κ1) is 16.0. The number of halogens is 1. The summed E-state index contributed by atoms with van der Waals surface area (Å²) >= 11 is 5.77. The molecule has 2 amide bonds. The normalized spacial score (nSPS) is 10.1. The van der Waals surface area contributed by atoms with E-state index < -0.39 is 0 Å². The minimum Gasteiger partial charge on any atom is -0.343 e. The first-order valence-electron chi connectivity index (χ1n) is 6.87. The van der Waals surface area contributed by atoms with Crippen molar-refractivity contribution in [1.29, 1.82) is 0 Å². The monoisotopic (exact) mass is 316 g/mol. The molecular formula is C17H17ClN2O2. The van der Waals surface area contributed by atoms with Crippen LogP contribution in [-0.4, -0.2) is 18.4 Å². The first-order valence-corrected chi connectivity index (χ1v) is 7.25. The third kappa shape index (κ3) is 4.09. The van der Waals surface area contributed by atoms with E-state index in [1.165, 1.54) is 0 Å². The quantitative estimate of drug-likeness (QED) is 0.909. The number of hydrogen-bond acceptors (Lipinski definition) is 2. The lowest BCUT2D eigenvalue weighted by Crippen LogP contribution is -2.33. The molecule has 0 aromatic heterocycles. The summed E-state index contributed by atoms with van der Waals surface area (Å²) in [4.78, 5) is 23.8. The maximum atomic E-state index is 11.9. The number of rotatable bonds is 4. The summed E-state index contributed by atoms with van der Waals surface area (Å²) in [6.07, 6.45) is 0. The van der Waals surface area contributed by atoms with Gasteiger partial charge in [-0.1, -0.05) is 23.7 Å². The van der Waals surface area contributed by atoms with E-state index in [2.05, 4.69) is 10.6 Å². The molecule has 0 saturated carbocycles. The predicted octanol–water partition coefficient (Wildman–Crippen LogP) is 3.33. The number of hydrogen-bond donors (Lipinski definition) is 2. The second-order valence-corrected chi connectivity index (χ2v) is 5.42. The second-order valence-electron chi connectivity index (χ2n) is 4.99. The van der Waals surface area contributed by atoms with Gasteiger partial charge in [0.2, 0.25) is 5.91 Å². The fourth-order valence-corrected chi connectivity index (χ4v) is 2.07. The molecule has 4 nitrogen and oxygen atoms in total. The van der Waals surface area contributed by atoms with E-state index >= 15 is 0 Å². The molecule has 2 aromatic rings. The van der Waals surface area contributed by atoms with Crippen molar-refractivity contribution >= 4 is 29.1 Å². The van der Waals surface area contributed by atoms with E-state index in [4.69, 9.17) is 11.6 Å². The standard InChI is InChI=1S/C17H17ClN2O2/c1-11-4-3-5-15(12(11)2)20-16(21)10-19-17(22)13-6-8-14(18)9-7-13/h3-9H,10H2,1-2H3,(H,19,22)(H,20,21). The molecular weight excluding hydrogens is 300 g/mol. The van der Waals surface area contributed by atoms with Crippen LogP contribution < -0.4 is 10.6 Å². The van der Waals surface area contributed by atoms with E-state index in [1.807, 2.05) is 32.0 Å². The van der Waals surface area contributed by atoms with E-state index in [1.54, 1.807) is 24.3 Å². The van der Waals surface area contributed by atoms with Gasteiger partial charge in [-0.2, -0.15) is 0 Å². The summed E-state index contributed by atoms with van der Waals surface area (Å²) in [7, 11) is 0. The highest BCUT2D eigenvalue weighted by Crippen LogP contribution is 2.17. The largest absolute Gasteiger partial charge is 0.343 e. The molecule has 0 atom stereocenters. The lowest BCUT2D eigenvalue weighted by molar-refractivity contribution is -0.115. The van der Waals surface area contributed by atoms with Gasteiger partial charge in [-0.05, 0) is 55.3 Å². The molecule has 22 heavy (non-hydrogen) atoms. The fraction of sp³-hybridized carbons (Fsp3) is 0.176. The van der Waals surface area contributed by atoms with Crippen molar-refractivity contribution in [1.82, 2.24) is 5.32 Å². The number of anilines is 1. The summed E-state index contributed by atoms with van der Waals surface area (Å²) in [6.45, 7) is 3.83. The minimum absolute atomic E-state index is 0.0885. The molecule has 0 aliphatic heterocycles. The predicted molar refractivity (Wildman–Crippen MR) is 88.3 cm³/mol. The van der Waals surface area contributed by atoms with Gasteiger partial charge in [0.05, 0.1) is 6.54 Å². The highest BCUT2D eigenvalue weighted by molar-refractivity contribution is 6.30. The maximum Gasteiger partial charge on any atom is 0.251 e. The first-order chi connectivity index (χ1) is 10.5. The van der Waals surface area contributed by atoms with Gasteiger partial charge in [-0.15, -0.1) is 0 Å². The lowest BCUT2D eigenvalue weighted by Gasteiger charge is -2.11. The van der Waals surface area contributed by atoms with Crippen LogP contribution in [0.2, 0.25) is 5.02 Å². The van der Waals surface area contributed by atoms with Crippen LogP contribution in [0.25, 0.3) is 0 Å². The van der Waals surface area contributed by atoms with Crippen molar-refractivity contribution in [3.63, 3.8) is 0 Å². The van der Waals surface area contributed by atoms with Gasteiger partial charge >= 0.3 is 0 Å². The van der Waals surface area contributed by atoms with Gasteiger partial charge in [-0.3, -0.25) is 9.59 Å². The SMILES string of the molecule is Cc1cccc(NC(=O)CNC(=O)c2ccc(Cl)cc2)c1C. The third-order valence-electron chi connectivity index (χ3n) is 3.39. The minimum atomic E-state index is -0.312. The number of carbonyl (C=O) groups is 2. The van der Waals surface area contributed by atoms with Crippen molar-refractivity contribution < 1.29 is 9.59 Å². The second kappa shape index (κ2) is 7.09. The number of nitrogens with one attached hydrogen (secondary N) is 2. The molecule has 0 radical (unpaired) electrons. The zero-order valence-corrected chi connectivity index (χ0v) is 13.2. The number of aryl methyl sites for hydroxylation is 1. The van der Waals surface area contributed by atoms with Crippen LogP contribution in [0.3, 0.4) is 0 Å². The molecule has 0 saturated heterocycles. The van der Waals surface area contributed by atoms with Crippen LogP contribution in [0.1, 0.15) is 21.5 Å². The Morgan fingerprint density at radius 1 is 1.05 bits per heavy atom. The van der Waals surface area contributed by atoms with Crippen molar-refractivity contribution in [2.75, 3.05) is 11.9 Å². The Balaban J connectivity index is 1.91. The Kier molecular flexibility index (Phi) is 5.17. The summed E-state index contributed by atoms with van der Waals surface area (Å²) in [5.74, 6) is -0.580. The molecule has 0 unspecified atom stereocenters. The average molecular weight is 317 g/mol. The molecule has 5 heteroatoms. The summed E-state index contributed by atoms with van der Waals surface area (Å²) in [6, 6.07) is 12.2. The average Bonchev–Trinajstić information content (AvgIpc) is 2.50. The summed E-state index contributed by atoms with van der Waals surface area (Å²) in [5, 5.41) is 5.93. The lowest BCUT2D eigenvalue weighted by atomic mass is 10.1. The van der Waals surface area contributed by atoms with Crippen molar-refractivity contribution in [2.45, 2.75) is 13.8 Å². The van der Waals surface area contributed by atoms with Gasteiger partial charge in [-0.25, -0.2) is 0 Å². The zero-order valence-electron chi connectivity index (χ0n) is 12.4. The Hall–Kier alpha value is -2.33. The topological polar surface area (TPSA) is 58.2 Å². The Labute approximate surface area is 134 Å². The highest BCUT2D eigenvalue weighted by atomic mass is 35.5. The third-order valence-corrected chi connectivity index (χ3v) is 3.65. The van der Waals surface area contributed by atoms with E-state index in [-0.39, 0.29) is 18.4 Å². The molecule has 0 heterocycles. The van der Waals surface area contributed by atoms with Gasteiger partial charge in [0.1, 0.15) is 0 Å². The van der Waals surface area contributed by atoms with Crippen LogP contribution in [-0.2, 0) is 4.79 Å². The van der Waals surface area contributed by atoms with Crippen molar-refractivity contribution in [3.8, 4) is 0 Å². The van der Waals surface area contributed by atoms with Crippen molar-refractivity contribution in [2.24, 2.45) is 0 Å². The van der Waals surface area contributed by atoms with Crippen LogP contribution in [0.4, 0.5) is 5.69 Å². The maximum absolute atomic E-state index is 11.9. The number of carbonyl (C=O) groups excluding carboxylic acids is 2. The van der Waals surface area contributed by atoms with E-state index in [0.717, 1.165) is 16.8 Å². The zero-order chi connectivity index (χ0) is 16.1.